The first-order valence-electron chi connectivity index (χ1n) is 6.59. The van der Waals surface area contributed by atoms with E-state index in [2.05, 4.69) is 68.3 Å². The lowest BCUT2D eigenvalue weighted by atomic mass is 10.1. The van der Waals surface area contributed by atoms with Crippen molar-refractivity contribution in [3.63, 3.8) is 0 Å². The molecule has 2 atom stereocenters. The van der Waals surface area contributed by atoms with Crippen molar-refractivity contribution in [1.82, 2.24) is 5.32 Å². The molecule has 0 radical (unpaired) electrons. The molecule has 1 rings (SSSR count). The first-order chi connectivity index (χ1) is 8.26. The number of hydrogen-bond acceptors (Lipinski definition) is 2. The minimum Gasteiger partial charge on any atom is -0.316 e. The fraction of sp³-hybridized carbons (Fsp3) is 0.600. The van der Waals surface area contributed by atoms with E-state index in [0.29, 0.717) is 6.04 Å². The van der Waals surface area contributed by atoms with E-state index in [1.807, 2.05) is 0 Å². The molecule has 0 fully saturated rings. The van der Waals surface area contributed by atoms with Crippen molar-refractivity contribution >= 4 is 11.8 Å². The van der Waals surface area contributed by atoms with Gasteiger partial charge in [0, 0.05) is 17.0 Å². The second kappa shape index (κ2) is 8.60. The van der Waals surface area contributed by atoms with E-state index in [-0.39, 0.29) is 0 Å². The molecular weight excluding hydrogens is 226 g/mol. The minimum absolute atomic E-state index is 0.634. The largest absolute Gasteiger partial charge is 0.316 e. The van der Waals surface area contributed by atoms with Gasteiger partial charge in [-0.05, 0) is 31.9 Å². The summed E-state index contributed by atoms with van der Waals surface area (Å²) in [6.45, 7) is 4.57. The fourth-order valence-corrected chi connectivity index (χ4v) is 2.82. The average molecular weight is 251 g/mol. The van der Waals surface area contributed by atoms with Gasteiger partial charge in [0.15, 0.2) is 0 Å². The summed E-state index contributed by atoms with van der Waals surface area (Å²) in [7, 11) is 2.08. The quantitative estimate of drug-likeness (QED) is 0.755. The van der Waals surface area contributed by atoms with Gasteiger partial charge in [-0.3, -0.25) is 0 Å². The Bertz CT molecular complexity index is 286. The zero-order valence-electron chi connectivity index (χ0n) is 11.3. The molecular formula is C15H25NS. The smallest absolute Gasteiger partial charge is 0.0158 e. The molecule has 1 N–H and O–H groups in total. The number of thioether (sulfide) groups is 1. The lowest BCUT2D eigenvalue weighted by Gasteiger charge is -2.18. The average Bonchev–Trinajstić information content (AvgIpc) is 2.39. The second-order valence-corrected chi connectivity index (χ2v) is 6.03. The first-order valence-corrected chi connectivity index (χ1v) is 7.64. The van der Waals surface area contributed by atoms with E-state index in [1.165, 1.54) is 30.6 Å². The van der Waals surface area contributed by atoms with Crippen LogP contribution in [0.4, 0.5) is 0 Å². The van der Waals surface area contributed by atoms with Gasteiger partial charge < -0.3 is 5.32 Å². The highest BCUT2D eigenvalue weighted by molar-refractivity contribution is 7.99. The maximum atomic E-state index is 3.43. The van der Waals surface area contributed by atoms with Crippen molar-refractivity contribution in [2.45, 2.75) is 44.4 Å². The van der Waals surface area contributed by atoms with Gasteiger partial charge in [-0.25, -0.2) is 0 Å². The van der Waals surface area contributed by atoms with Crippen molar-refractivity contribution in [2.24, 2.45) is 0 Å². The van der Waals surface area contributed by atoms with Crippen LogP contribution >= 0.6 is 11.8 Å². The molecule has 1 aromatic carbocycles. The summed E-state index contributed by atoms with van der Waals surface area (Å²) >= 11 is 2.08. The van der Waals surface area contributed by atoms with Crippen molar-refractivity contribution in [3.05, 3.63) is 35.9 Å². The topological polar surface area (TPSA) is 12.0 Å². The van der Waals surface area contributed by atoms with Crippen LogP contribution in [0.25, 0.3) is 0 Å². The summed E-state index contributed by atoms with van der Waals surface area (Å²) in [6, 6.07) is 11.4. The maximum Gasteiger partial charge on any atom is 0.0158 e. The van der Waals surface area contributed by atoms with E-state index in [9.17, 15) is 0 Å². The molecule has 1 nitrogen and oxygen atoms in total. The summed E-state index contributed by atoms with van der Waals surface area (Å²) in [5.74, 6) is 1.22. The van der Waals surface area contributed by atoms with Gasteiger partial charge in [-0.1, -0.05) is 44.2 Å². The zero-order chi connectivity index (χ0) is 12.5. The van der Waals surface area contributed by atoms with Crippen LogP contribution in [-0.2, 0) is 6.42 Å². The van der Waals surface area contributed by atoms with Gasteiger partial charge in [-0.15, -0.1) is 0 Å². The Morgan fingerprint density at radius 3 is 2.53 bits per heavy atom. The highest BCUT2D eigenvalue weighted by Crippen LogP contribution is 2.16. The Morgan fingerprint density at radius 1 is 1.24 bits per heavy atom. The van der Waals surface area contributed by atoms with Crippen LogP contribution < -0.4 is 5.32 Å². The van der Waals surface area contributed by atoms with Crippen LogP contribution in [0.1, 0.15) is 32.3 Å². The third kappa shape index (κ3) is 6.13. The minimum atomic E-state index is 0.634. The van der Waals surface area contributed by atoms with Gasteiger partial charge >= 0.3 is 0 Å². The van der Waals surface area contributed by atoms with Crippen LogP contribution in [0.5, 0.6) is 0 Å². The molecule has 0 aliphatic heterocycles. The Balaban J connectivity index is 2.27. The SMILES string of the molecule is CCC(C)SCC(CCc1ccccc1)NC. The predicted octanol–water partition coefficient (Wildman–Crippen LogP) is 3.74. The molecule has 0 saturated carbocycles. The molecule has 1 aromatic rings. The Kier molecular flexibility index (Phi) is 7.38. The lowest BCUT2D eigenvalue weighted by molar-refractivity contribution is 0.572. The number of hydrogen-bond donors (Lipinski definition) is 1. The van der Waals surface area contributed by atoms with Crippen LogP contribution in [0.3, 0.4) is 0 Å². The number of nitrogens with one attached hydrogen (secondary N) is 1. The molecule has 0 bridgehead atoms. The van der Waals surface area contributed by atoms with E-state index >= 15 is 0 Å². The molecule has 0 spiro atoms. The van der Waals surface area contributed by atoms with Crippen molar-refractivity contribution in [3.8, 4) is 0 Å². The number of aryl methyl sites for hydroxylation is 1. The summed E-state index contributed by atoms with van der Waals surface area (Å²) in [5, 5.41) is 4.21. The summed E-state index contributed by atoms with van der Waals surface area (Å²) < 4.78 is 0. The van der Waals surface area contributed by atoms with Gasteiger partial charge in [0.1, 0.15) is 0 Å². The second-order valence-electron chi connectivity index (χ2n) is 4.56. The Hall–Kier alpha value is -0.470. The standard InChI is InChI=1S/C15H25NS/c1-4-13(2)17-12-15(16-3)11-10-14-8-6-5-7-9-14/h5-9,13,15-16H,4,10-12H2,1-3H3. The maximum absolute atomic E-state index is 3.43. The summed E-state index contributed by atoms with van der Waals surface area (Å²) in [4.78, 5) is 0. The molecule has 0 aliphatic carbocycles. The molecule has 0 aliphatic rings. The lowest BCUT2D eigenvalue weighted by Crippen LogP contribution is -2.29. The molecule has 0 saturated heterocycles. The third-order valence-electron chi connectivity index (χ3n) is 3.19. The Morgan fingerprint density at radius 2 is 1.94 bits per heavy atom. The van der Waals surface area contributed by atoms with E-state index in [1.54, 1.807) is 0 Å². The van der Waals surface area contributed by atoms with Crippen LogP contribution in [0, 0.1) is 0 Å². The molecule has 0 heterocycles. The molecule has 17 heavy (non-hydrogen) atoms. The van der Waals surface area contributed by atoms with Crippen LogP contribution in [-0.4, -0.2) is 24.1 Å². The highest BCUT2D eigenvalue weighted by atomic mass is 32.2. The van der Waals surface area contributed by atoms with Gasteiger partial charge in [-0.2, -0.15) is 11.8 Å². The molecule has 2 heteroatoms. The van der Waals surface area contributed by atoms with Gasteiger partial charge in [0.05, 0.1) is 0 Å². The predicted molar refractivity (Wildman–Crippen MR) is 79.8 cm³/mol. The molecule has 2 unspecified atom stereocenters. The van der Waals surface area contributed by atoms with E-state index in [4.69, 9.17) is 0 Å². The third-order valence-corrected chi connectivity index (χ3v) is 4.69. The summed E-state index contributed by atoms with van der Waals surface area (Å²) in [5.41, 5.74) is 1.45. The van der Waals surface area contributed by atoms with Crippen molar-refractivity contribution in [2.75, 3.05) is 12.8 Å². The first kappa shape index (κ1) is 14.6. The van der Waals surface area contributed by atoms with Crippen molar-refractivity contribution < 1.29 is 0 Å². The van der Waals surface area contributed by atoms with Crippen LogP contribution in [0.15, 0.2) is 30.3 Å². The molecule has 0 amide bonds. The monoisotopic (exact) mass is 251 g/mol. The fourth-order valence-electron chi connectivity index (χ4n) is 1.69. The Labute approximate surface area is 110 Å². The van der Waals surface area contributed by atoms with Gasteiger partial charge in [0.2, 0.25) is 0 Å². The van der Waals surface area contributed by atoms with E-state index in [0.717, 1.165) is 5.25 Å². The zero-order valence-corrected chi connectivity index (χ0v) is 12.1. The number of benzene rings is 1. The van der Waals surface area contributed by atoms with E-state index < -0.39 is 0 Å². The normalized spacial score (nSPS) is 14.5. The van der Waals surface area contributed by atoms with Crippen molar-refractivity contribution in [1.29, 1.82) is 0 Å². The van der Waals surface area contributed by atoms with Crippen LogP contribution in [0.2, 0.25) is 0 Å². The highest BCUT2D eigenvalue weighted by Gasteiger charge is 2.08. The molecule has 0 aromatic heterocycles. The molecule has 96 valence electrons. The summed E-state index contributed by atoms with van der Waals surface area (Å²) in [6.07, 6.45) is 3.66. The number of rotatable bonds is 8. The van der Waals surface area contributed by atoms with Gasteiger partial charge in [0.25, 0.3) is 0 Å².